The number of rotatable bonds is 12. The average Bonchev–Trinajstić information content (AvgIpc) is 4.16. The molecule has 4 heterocycles. The van der Waals surface area contributed by atoms with Gasteiger partial charge in [0.1, 0.15) is 23.7 Å². The van der Waals surface area contributed by atoms with Crippen LogP contribution in [0.4, 0.5) is 9.59 Å². The Morgan fingerprint density at radius 2 is 0.970 bits per heavy atom. The van der Waals surface area contributed by atoms with Gasteiger partial charge in [0.15, 0.2) is 0 Å². The molecule has 1 aliphatic carbocycles. The van der Waals surface area contributed by atoms with Gasteiger partial charge in [0.05, 0.1) is 50.1 Å². The first-order valence-corrected chi connectivity index (χ1v) is 22.7. The van der Waals surface area contributed by atoms with Gasteiger partial charge < -0.3 is 39.9 Å². The molecule has 0 saturated carbocycles. The molecule has 342 valence electrons. The standard InChI is InChI=1S/C52H58N8O6/c1-29(2)45(57-51(63)65-7)49(61)59-27-31(5)23-43(59)47-53-25-41(55-47)35-17-13-33(14-18-35)37-21-22-38(40-12-10-9-11-39(37)40)34-15-19-36(20-16-34)42-26-54-48(56-42)44-24-32(6)28-60(44)50(62)46(30(3)4)58-52(64)66-8/h11-22,25-26,29-32,43-46H,23-24,27-28H2,1-8H3,(H,53,55)(H,54,56)(H,57,63)(H,58,64)/t31-,32-,43+,44+,45+,46+/m1/s1. The molecule has 0 radical (unpaired) electrons. The van der Waals surface area contributed by atoms with Gasteiger partial charge in [-0.25, -0.2) is 19.6 Å². The molecule has 4 N–H and O–H groups in total. The second-order valence-corrected chi connectivity index (χ2v) is 18.5. The highest BCUT2D eigenvalue weighted by atomic mass is 16.5. The van der Waals surface area contributed by atoms with E-state index in [-0.39, 0.29) is 47.6 Å². The van der Waals surface area contributed by atoms with Gasteiger partial charge in [-0.05, 0) is 93.2 Å². The Balaban J connectivity index is 0.980. The predicted molar refractivity (Wildman–Crippen MR) is 253 cm³/mol. The van der Waals surface area contributed by atoms with Gasteiger partial charge in [0, 0.05) is 13.1 Å². The number of hydrogen-bond acceptors (Lipinski definition) is 8. The number of aromatic amines is 2. The van der Waals surface area contributed by atoms with Crippen LogP contribution in [0.5, 0.6) is 0 Å². The molecular formula is C52H58N8O6. The molecule has 2 aromatic heterocycles. The van der Waals surface area contributed by atoms with Crippen LogP contribution in [-0.2, 0) is 19.1 Å². The largest absolute Gasteiger partial charge is 0.453 e. The number of benzene rings is 3. The van der Waals surface area contributed by atoms with E-state index in [1.807, 2.05) is 62.0 Å². The number of alkyl carbamates (subject to hydrolysis) is 2. The van der Waals surface area contributed by atoms with Crippen LogP contribution in [-0.4, -0.2) is 93.1 Å². The molecule has 2 fully saturated rings. The Bertz CT molecular complexity index is 2540. The second kappa shape index (κ2) is 19.1. The molecule has 0 spiro atoms. The van der Waals surface area contributed by atoms with E-state index >= 15 is 0 Å². The lowest BCUT2D eigenvalue weighted by Gasteiger charge is -2.30. The molecule has 8 rings (SSSR count). The van der Waals surface area contributed by atoms with Gasteiger partial charge >= 0.3 is 12.2 Å². The van der Waals surface area contributed by atoms with E-state index in [9.17, 15) is 19.2 Å². The normalized spacial score (nSPS) is 19.5. The Labute approximate surface area is 385 Å². The van der Waals surface area contributed by atoms with Gasteiger partial charge in [0.2, 0.25) is 11.8 Å². The first kappa shape index (κ1) is 45.4. The number of aromatic nitrogens is 4. The number of carbonyl (C=O) groups is 4. The Morgan fingerprint density at radius 3 is 1.32 bits per heavy atom. The molecule has 5 aromatic rings. The fraction of sp³-hybridized carbons (Fsp3) is 0.385. The maximum atomic E-state index is 13.8. The van der Waals surface area contributed by atoms with E-state index < -0.39 is 24.3 Å². The summed E-state index contributed by atoms with van der Waals surface area (Å²) in [5.74, 6) is 1.44. The zero-order valence-corrected chi connectivity index (χ0v) is 38.8. The molecule has 6 atom stereocenters. The monoisotopic (exact) mass is 890 g/mol. The van der Waals surface area contributed by atoms with Crippen LogP contribution in [0.3, 0.4) is 0 Å². The second-order valence-electron chi connectivity index (χ2n) is 18.5. The van der Waals surface area contributed by atoms with E-state index in [1.165, 1.54) is 14.2 Å². The third-order valence-corrected chi connectivity index (χ3v) is 13.0. The van der Waals surface area contributed by atoms with Crippen molar-refractivity contribution in [2.75, 3.05) is 27.3 Å². The minimum Gasteiger partial charge on any atom is -0.453 e. The van der Waals surface area contributed by atoms with Gasteiger partial charge in [-0.3, -0.25) is 9.59 Å². The topological polar surface area (TPSA) is 175 Å². The number of amides is 4. The van der Waals surface area contributed by atoms with Crippen LogP contribution in [0.2, 0.25) is 0 Å². The molecule has 66 heavy (non-hydrogen) atoms. The lowest BCUT2D eigenvalue weighted by molar-refractivity contribution is -0.136. The Morgan fingerprint density at radius 1 is 0.606 bits per heavy atom. The fourth-order valence-electron chi connectivity index (χ4n) is 9.50. The lowest BCUT2D eigenvalue weighted by atomic mass is 9.87. The minimum atomic E-state index is -0.709. The zero-order valence-electron chi connectivity index (χ0n) is 38.8. The summed E-state index contributed by atoms with van der Waals surface area (Å²) in [7, 11) is 2.59. The minimum absolute atomic E-state index is 0.122. The van der Waals surface area contributed by atoms with E-state index in [1.54, 1.807) is 0 Å². The third-order valence-electron chi connectivity index (χ3n) is 13.0. The molecule has 4 amide bonds. The smallest absolute Gasteiger partial charge is 0.407 e. The van der Waals surface area contributed by atoms with Crippen molar-refractivity contribution in [1.82, 2.24) is 40.4 Å². The summed E-state index contributed by atoms with van der Waals surface area (Å²) in [6.07, 6.45) is 7.86. The molecule has 3 aliphatic rings. The van der Waals surface area contributed by atoms with Crippen LogP contribution in [0.1, 0.15) is 89.2 Å². The van der Waals surface area contributed by atoms with Gasteiger partial charge in [-0.15, -0.1) is 0 Å². The first-order chi connectivity index (χ1) is 31.7. The zero-order chi connectivity index (χ0) is 46.8. The number of hydrogen-bond donors (Lipinski definition) is 4. The van der Waals surface area contributed by atoms with Crippen molar-refractivity contribution in [2.45, 2.75) is 78.6 Å². The number of nitrogens with zero attached hydrogens (tertiary/aromatic N) is 4. The SMILES string of the molecule is COC(=O)N[C@H](C(=O)N1C[C@H](C)C[C@H]1c1ncc(-c2ccc(-c3ccc(-c4ccc(-c5cnc([C@@H]6C[C@@H](C)CN6C(=O)[C@@H](NC(=O)OC)C(C)C)[nH]5)cc4)c4c3C=C=C=C4)cc2)[nH]1)C(C)C. The predicted octanol–water partition coefficient (Wildman–Crippen LogP) is 9.18. The molecule has 2 saturated heterocycles. The highest BCUT2D eigenvalue weighted by molar-refractivity contribution is 5.91. The fourth-order valence-corrected chi connectivity index (χ4v) is 9.50. The summed E-state index contributed by atoms with van der Waals surface area (Å²) in [5, 5.41) is 5.45. The van der Waals surface area contributed by atoms with Crippen molar-refractivity contribution in [3.05, 3.63) is 107 Å². The number of carbonyl (C=O) groups excluding carboxylic acids is 4. The Kier molecular flexibility index (Phi) is 13.2. The van der Waals surface area contributed by atoms with E-state index in [4.69, 9.17) is 19.4 Å². The number of fused-ring (bicyclic) bond motifs is 1. The van der Waals surface area contributed by atoms with Crippen LogP contribution >= 0.6 is 0 Å². The molecule has 3 aromatic carbocycles. The average molecular weight is 891 g/mol. The highest BCUT2D eigenvalue weighted by Gasteiger charge is 2.41. The molecule has 2 aliphatic heterocycles. The molecule has 14 heteroatoms. The van der Waals surface area contributed by atoms with Crippen molar-refractivity contribution in [3.8, 4) is 44.8 Å². The first-order valence-electron chi connectivity index (χ1n) is 22.7. The third kappa shape index (κ3) is 9.20. The summed E-state index contributed by atoms with van der Waals surface area (Å²) in [4.78, 5) is 71.9. The summed E-state index contributed by atoms with van der Waals surface area (Å²) in [6.45, 7) is 13.0. The van der Waals surface area contributed by atoms with Crippen molar-refractivity contribution in [1.29, 1.82) is 0 Å². The maximum Gasteiger partial charge on any atom is 0.407 e. The number of nitrogens with one attached hydrogen (secondary N) is 4. The van der Waals surface area contributed by atoms with Crippen LogP contribution < -0.4 is 10.6 Å². The molecule has 0 unspecified atom stereocenters. The molecular weight excluding hydrogens is 833 g/mol. The molecule has 0 bridgehead atoms. The van der Waals surface area contributed by atoms with Crippen LogP contribution in [0.25, 0.3) is 56.9 Å². The summed E-state index contributed by atoms with van der Waals surface area (Å²) in [6, 6.07) is 19.1. The van der Waals surface area contributed by atoms with Crippen molar-refractivity contribution in [3.63, 3.8) is 0 Å². The number of methoxy groups -OCH3 is 2. The number of imidazole rings is 2. The number of likely N-dealkylation sites (tertiary alicyclic amines) is 2. The number of ether oxygens (including phenoxy) is 2. The quantitative estimate of drug-likeness (QED) is 0.0880. The maximum absolute atomic E-state index is 13.8. The summed E-state index contributed by atoms with van der Waals surface area (Å²) < 4.78 is 9.60. The van der Waals surface area contributed by atoms with E-state index in [0.717, 1.165) is 68.7 Å². The van der Waals surface area contributed by atoms with Crippen molar-refractivity contribution >= 4 is 36.2 Å². The van der Waals surface area contributed by atoms with Crippen LogP contribution in [0.15, 0.2) is 84.5 Å². The Hall–Kier alpha value is -7.14. The van der Waals surface area contributed by atoms with Gasteiger partial charge in [-0.1, -0.05) is 114 Å². The summed E-state index contributed by atoms with van der Waals surface area (Å²) in [5.41, 5.74) is 16.3. The number of H-pyrrole nitrogens is 2. The van der Waals surface area contributed by atoms with Gasteiger partial charge in [0.25, 0.3) is 0 Å². The molecule has 14 nitrogen and oxygen atoms in total. The van der Waals surface area contributed by atoms with E-state index in [0.29, 0.717) is 24.7 Å². The van der Waals surface area contributed by atoms with E-state index in [2.05, 4.69) is 107 Å². The van der Waals surface area contributed by atoms with Crippen molar-refractivity contribution in [2.24, 2.45) is 23.7 Å². The van der Waals surface area contributed by atoms with Crippen LogP contribution in [0, 0.1) is 23.7 Å². The van der Waals surface area contributed by atoms with Gasteiger partial charge in [-0.2, -0.15) is 0 Å². The highest BCUT2D eigenvalue weighted by Crippen LogP contribution is 2.40. The van der Waals surface area contributed by atoms with Crippen molar-refractivity contribution < 1.29 is 28.7 Å². The lowest BCUT2D eigenvalue weighted by Crippen LogP contribution is -2.51. The summed E-state index contributed by atoms with van der Waals surface area (Å²) >= 11 is 0.